The molecular formula is C30H32ClFN2O3. The highest BCUT2D eigenvalue weighted by atomic mass is 35.5. The summed E-state index contributed by atoms with van der Waals surface area (Å²) in [7, 11) is 1.36. The lowest BCUT2D eigenvalue weighted by atomic mass is 9.47. The van der Waals surface area contributed by atoms with Crippen LogP contribution in [0, 0.1) is 34.4 Å². The fourth-order valence-corrected chi connectivity index (χ4v) is 8.76. The summed E-state index contributed by atoms with van der Waals surface area (Å²) in [6, 6.07) is 8.12. The third-order valence-corrected chi connectivity index (χ3v) is 10.6. The van der Waals surface area contributed by atoms with Crippen LogP contribution in [-0.2, 0) is 9.53 Å². The van der Waals surface area contributed by atoms with Gasteiger partial charge in [0.1, 0.15) is 5.82 Å². The van der Waals surface area contributed by atoms with Crippen molar-refractivity contribution >= 4 is 23.4 Å². The van der Waals surface area contributed by atoms with E-state index in [1.54, 1.807) is 18.2 Å². The lowest BCUT2D eigenvalue weighted by molar-refractivity contribution is -0.111. The minimum atomic E-state index is -0.472. The first-order valence-electron chi connectivity index (χ1n) is 13.2. The first kappa shape index (κ1) is 24.6. The molecule has 0 amide bonds. The Hall–Kier alpha value is -2.73. The van der Waals surface area contributed by atoms with Crippen LogP contribution in [0.25, 0.3) is 5.69 Å². The standard InChI is InChI=1S/C30H32ClFN2O3/c1-29-14-12-21-19(8-9-23-27(31)26(35)13-15-30(21,23)2)20(29)10-11-22(29)25-16-24(28(36)37-3)33-34(25)18-6-4-17(32)5-7-18/h4-7,13,15-16,19-22H,8-12,14H2,1-3H3/t19-,20-,21-,22+,29-,30+/m0/s1. The van der Waals surface area contributed by atoms with Gasteiger partial charge in [0.15, 0.2) is 11.5 Å². The number of hydrogen-bond acceptors (Lipinski definition) is 4. The molecule has 1 aromatic heterocycles. The van der Waals surface area contributed by atoms with Crippen molar-refractivity contribution in [3.63, 3.8) is 0 Å². The molecule has 6 rings (SSSR count). The molecule has 0 spiro atoms. The van der Waals surface area contributed by atoms with Crippen LogP contribution in [0.5, 0.6) is 0 Å². The summed E-state index contributed by atoms with van der Waals surface area (Å²) in [5.74, 6) is 0.893. The summed E-state index contributed by atoms with van der Waals surface area (Å²) in [6.07, 6.45) is 9.93. The molecule has 0 unspecified atom stereocenters. The third kappa shape index (κ3) is 3.58. The van der Waals surface area contributed by atoms with E-state index in [4.69, 9.17) is 16.3 Å². The quantitative estimate of drug-likeness (QED) is 0.418. The summed E-state index contributed by atoms with van der Waals surface area (Å²) in [5, 5.41) is 5.04. The Balaban J connectivity index is 1.37. The molecule has 4 aliphatic rings. The van der Waals surface area contributed by atoms with Gasteiger partial charge in [-0.25, -0.2) is 13.9 Å². The minimum Gasteiger partial charge on any atom is -0.464 e. The number of hydrogen-bond donors (Lipinski definition) is 0. The maximum atomic E-state index is 13.7. The SMILES string of the molecule is COC(=O)c1cc([C@H]2CC[C@H]3[C@@H]4CCC5=C(Cl)C(=O)C=C[C@]5(C)[C@H]4CC[C@]23C)n(-c2ccc(F)cc2)n1. The molecule has 194 valence electrons. The van der Waals surface area contributed by atoms with Gasteiger partial charge in [-0.3, -0.25) is 4.79 Å². The van der Waals surface area contributed by atoms with E-state index >= 15 is 0 Å². The smallest absolute Gasteiger partial charge is 0.358 e. The zero-order valence-electron chi connectivity index (χ0n) is 21.5. The number of ether oxygens (including phenoxy) is 1. The Morgan fingerprint density at radius 3 is 2.62 bits per heavy atom. The molecule has 0 radical (unpaired) electrons. The van der Waals surface area contributed by atoms with Crippen molar-refractivity contribution in [2.24, 2.45) is 28.6 Å². The molecule has 37 heavy (non-hydrogen) atoms. The number of fused-ring (bicyclic) bond motifs is 5. The number of nitrogens with zero attached hydrogens (tertiary/aromatic N) is 2. The Bertz CT molecular complexity index is 1350. The van der Waals surface area contributed by atoms with Gasteiger partial charge < -0.3 is 4.74 Å². The number of rotatable bonds is 3. The molecule has 3 fully saturated rings. The number of carbonyl (C=O) groups excluding carboxylic acids is 2. The molecule has 0 N–H and O–H groups in total. The molecule has 0 bridgehead atoms. The van der Waals surface area contributed by atoms with E-state index in [2.05, 4.69) is 25.0 Å². The highest BCUT2D eigenvalue weighted by Gasteiger charge is 2.59. The van der Waals surface area contributed by atoms with E-state index < -0.39 is 5.97 Å². The van der Waals surface area contributed by atoms with Gasteiger partial charge in [-0.05, 0) is 104 Å². The number of esters is 1. The van der Waals surface area contributed by atoms with Crippen molar-refractivity contribution in [2.75, 3.05) is 7.11 Å². The van der Waals surface area contributed by atoms with Crippen LogP contribution in [-0.4, -0.2) is 28.6 Å². The summed E-state index contributed by atoms with van der Waals surface area (Å²) in [5.41, 5.74) is 3.00. The van der Waals surface area contributed by atoms with Gasteiger partial charge in [-0.2, -0.15) is 5.10 Å². The normalized spacial score (nSPS) is 34.7. The average molecular weight is 523 g/mol. The molecule has 2 aromatic rings. The molecule has 6 atom stereocenters. The van der Waals surface area contributed by atoms with Crippen molar-refractivity contribution < 1.29 is 18.7 Å². The number of ketones is 1. The fraction of sp³-hybridized carbons (Fsp3) is 0.500. The van der Waals surface area contributed by atoms with Crippen molar-refractivity contribution in [1.29, 1.82) is 0 Å². The lowest BCUT2D eigenvalue weighted by Gasteiger charge is -2.57. The van der Waals surface area contributed by atoms with Crippen molar-refractivity contribution in [3.05, 3.63) is 70.3 Å². The number of benzene rings is 1. The van der Waals surface area contributed by atoms with E-state index in [0.29, 0.717) is 22.8 Å². The molecule has 1 heterocycles. The second-order valence-electron chi connectivity index (χ2n) is 11.7. The predicted molar refractivity (Wildman–Crippen MR) is 139 cm³/mol. The van der Waals surface area contributed by atoms with Gasteiger partial charge in [-0.1, -0.05) is 31.5 Å². The molecule has 5 nitrogen and oxygen atoms in total. The van der Waals surface area contributed by atoms with Crippen LogP contribution in [0.15, 0.2) is 53.1 Å². The van der Waals surface area contributed by atoms with Crippen molar-refractivity contribution in [1.82, 2.24) is 9.78 Å². The topological polar surface area (TPSA) is 61.2 Å². The first-order chi connectivity index (χ1) is 17.7. The zero-order chi connectivity index (χ0) is 26.1. The molecule has 0 saturated heterocycles. The van der Waals surface area contributed by atoms with Crippen molar-refractivity contribution in [2.45, 2.75) is 58.3 Å². The highest BCUT2D eigenvalue weighted by Crippen LogP contribution is 2.68. The highest BCUT2D eigenvalue weighted by molar-refractivity contribution is 6.45. The lowest BCUT2D eigenvalue weighted by Crippen LogP contribution is -2.49. The van der Waals surface area contributed by atoms with E-state index in [1.807, 2.05) is 10.7 Å². The van der Waals surface area contributed by atoms with Gasteiger partial charge in [0.25, 0.3) is 0 Å². The van der Waals surface area contributed by atoms with E-state index in [9.17, 15) is 14.0 Å². The summed E-state index contributed by atoms with van der Waals surface area (Å²) < 4.78 is 20.5. The Kier molecular flexibility index (Phi) is 5.75. The molecule has 0 aliphatic heterocycles. The molecule has 1 aromatic carbocycles. The third-order valence-electron chi connectivity index (χ3n) is 10.2. The molecule has 7 heteroatoms. The van der Waals surface area contributed by atoms with Gasteiger partial charge in [0.05, 0.1) is 17.8 Å². The van der Waals surface area contributed by atoms with E-state index in [-0.39, 0.29) is 34.0 Å². The Labute approximate surface area is 221 Å². The zero-order valence-corrected chi connectivity index (χ0v) is 22.2. The summed E-state index contributed by atoms with van der Waals surface area (Å²) in [4.78, 5) is 24.7. The second-order valence-corrected chi connectivity index (χ2v) is 12.1. The monoisotopic (exact) mass is 522 g/mol. The van der Waals surface area contributed by atoms with E-state index in [0.717, 1.165) is 55.5 Å². The van der Waals surface area contributed by atoms with Crippen LogP contribution >= 0.6 is 11.6 Å². The van der Waals surface area contributed by atoms with Crippen LogP contribution in [0.3, 0.4) is 0 Å². The fourth-order valence-electron chi connectivity index (χ4n) is 8.40. The molecule has 3 saturated carbocycles. The first-order valence-corrected chi connectivity index (χ1v) is 13.6. The summed E-state index contributed by atoms with van der Waals surface area (Å²) in [6.45, 7) is 4.68. The van der Waals surface area contributed by atoms with Crippen LogP contribution < -0.4 is 0 Å². The average Bonchev–Trinajstić information content (AvgIpc) is 3.47. The maximum Gasteiger partial charge on any atom is 0.358 e. The van der Waals surface area contributed by atoms with Crippen molar-refractivity contribution in [3.8, 4) is 5.69 Å². The Morgan fingerprint density at radius 2 is 1.89 bits per heavy atom. The van der Waals surface area contributed by atoms with Crippen LogP contribution in [0.4, 0.5) is 4.39 Å². The Morgan fingerprint density at radius 1 is 1.14 bits per heavy atom. The number of carbonyl (C=O) groups is 2. The number of methoxy groups -OCH3 is 1. The van der Waals surface area contributed by atoms with Gasteiger partial charge in [0, 0.05) is 17.0 Å². The van der Waals surface area contributed by atoms with Gasteiger partial charge in [-0.15, -0.1) is 0 Å². The van der Waals surface area contributed by atoms with E-state index in [1.165, 1.54) is 19.2 Å². The van der Waals surface area contributed by atoms with Crippen LogP contribution in [0.2, 0.25) is 0 Å². The number of allylic oxidation sites excluding steroid dienone is 4. The van der Waals surface area contributed by atoms with Crippen LogP contribution in [0.1, 0.15) is 74.5 Å². The largest absolute Gasteiger partial charge is 0.464 e. The molecule has 4 aliphatic carbocycles. The van der Waals surface area contributed by atoms with Gasteiger partial charge in [0.2, 0.25) is 0 Å². The minimum absolute atomic E-state index is 0.0436. The predicted octanol–water partition coefficient (Wildman–Crippen LogP) is 6.76. The molecular weight excluding hydrogens is 491 g/mol. The van der Waals surface area contributed by atoms with Gasteiger partial charge >= 0.3 is 5.97 Å². The number of halogens is 2. The summed E-state index contributed by atoms with van der Waals surface area (Å²) >= 11 is 6.54. The maximum absolute atomic E-state index is 13.7. The number of aromatic nitrogens is 2. The second kappa shape index (κ2) is 8.65.